The Balaban J connectivity index is 0.00000240. The molecule has 29 heavy (non-hydrogen) atoms. The summed E-state index contributed by atoms with van der Waals surface area (Å²) < 4.78 is 0. The van der Waals surface area contributed by atoms with Crippen LogP contribution in [0.2, 0.25) is 0 Å². The molecule has 5 heteroatoms. The van der Waals surface area contributed by atoms with Gasteiger partial charge in [-0.3, -0.25) is 9.69 Å². The fraction of sp³-hybridized carbons (Fsp3) is 0.375. The molecule has 2 aliphatic rings. The van der Waals surface area contributed by atoms with Crippen LogP contribution in [-0.4, -0.2) is 49.1 Å². The van der Waals surface area contributed by atoms with E-state index >= 15 is 0 Å². The summed E-state index contributed by atoms with van der Waals surface area (Å²) in [6, 6.07) is 19.0. The SMILES string of the molecule is CC(=O)N1c2ccccc2C(CN2CCN(c3ccccc3)CC2)=CC1(C)C.Cl. The van der Waals surface area contributed by atoms with Crippen LogP contribution >= 0.6 is 12.4 Å². The number of hydrogen-bond acceptors (Lipinski definition) is 3. The third kappa shape index (κ3) is 4.34. The van der Waals surface area contributed by atoms with Gasteiger partial charge in [0, 0.05) is 50.9 Å². The van der Waals surface area contributed by atoms with E-state index in [0.717, 1.165) is 38.4 Å². The Bertz CT molecular complexity index is 886. The summed E-state index contributed by atoms with van der Waals surface area (Å²) in [5.41, 5.74) is 4.53. The van der Waals surface area contributed by atoms with Crippen LogP contribution in [0.15, 0.2) is 60.7 Å². The Morgan fingerprint density at radius 3 is 2.21 bits per heavy atom. The van der Waals surface area contributed by atoms with Crippen molar-refractivity contribution in [2.45, 2.75) is 26.3 Å². The molecule has 0 N–H and O–H groups in total. The lowest BCUT2D eigenvalue weighted by atomic mass is 9.87. The van der Waals surface area contributed by atoms with Gasteiger partial charge in [-0.2, -0.15) is 0 Å². The maximum absolute atomic E-state index is 12.3. The van der Waals surface area contributed by atoms with E-state index in [1.54, 1.807) is 6.92 Å². The fourth-order valence-electron chi connectivity index (χ4n) is 4.57. The van der Waals surface area contributed by atoms with E-state index in [9.17, 15) is 4.79 Å². The van der Waals surface area contributed by atoms with Gasteiger partial charge in [0.05, 0.1) is 11.2 Å². The van der Waals surface area contributed by atoms with Crippen LogP contribution in [0.4, 0.5) is 11.4 Å². The molecule has 2 aliphatic heterocycles. The molecule has 2 heterocycles. The molecule has 0 aliphatic carbocycles. The number of nitrogens with zero attached hydrogens (tertiary/aromatic N) is 3. The number of piperazine rings is 1. The van der Waals surface area contributed by atoms with Crippen LogP contribution in [0.25, 0.3) is 5.57 Å². The smallest absolute Gasteiger partial charge is 0.224 e. The molecule has 0 bridgehead atoms. The van der Waals surface area contributed by atoms with E-state index in [0.29, 0.717) is 0 Å². The summed E-state index contributed by atoms with van der Waals surface area (Å²) in [7, 11) is 0. The standard InChI is InChI=1S/C24H29N3O.ClH/c1-19(28)27-23-12-8-7-11-22(23)20(17-24(27,2)3)18-25-13-15-26(16-14-25)21-9-5-4-6-10-21;/h4-12,17H,13-16,18H2,1-3H3;1H. The van der Waals surface area contributed by atoms with Crippen molar-refractivity contribution < 1.29 is 4.79 Å². The van der Waals surface area contributed by atoms with Crippen molar-refractivity contribution in [1.29, 1.82) is 0 Å². The summed E-state index contributed by atoms with van der Waals surface area (Å²) in [4.78, 5) is 19.2. The van der Waals surface area contributed by atoms with Crippen molar-refractivity contribution in [2.24, 2.45) is 0 Å². The summed E-state index contributed by atoms with van der Waals surface area (Å²) >= 11 is 0. The maximum Gasteiger partial charge on any atom is 0.224 e. The molecule has 154 valence electrons. The number of amides is 1. The van der Waals surface area contributed by atoms with Gasteiger partial charge in [-0.1, -0.05) is 42.5 Å². The first-order valence-corrected chi connectivity index (χ1v) is 10.1. The molecule has 4 rings (SSSR count). The van der Waals surface area contributed by atoms with Crippen LogP contribution in [0, 0.1) is 0 Å². The Morgan fingerprint density at radius 2 is 1.55 bits per heavy atom. The van der Waals surface area contributed by atoms with Crippen molar-refractivity contribution in [3.63, 3.8) is 0 Å². The Morgan fingerprint density at radius 1 is 0.931 bits per heavy atom. The van der Waals surface area contributed by atoms with Crippen molar-refractivity contribution in [3.05, 3.63) is 66.2 Å². The molecule has 0 unspecified atom stereocenters. The number of carbonyl (C=O) groups excluding carboxylic acids is 1. The highest BCUT2D eigenvalue weighted by Crippen LogP contribution is 2.39. The van der Waals surface area contributed by atoms with Gasteiger partial charge >= 0.3 is 0 Å². The monoisotopic (exact) mass is 411 g/mol. The predicted molar refractivity (Wildman–Crippen MR) is 124 cm³/mol. The van der Waals surface area contributed by atoms with Gasteiger partial charge in [0.25, 0.3) is 0 Å². The zero-order chi connectivity index (χ0) is 19.7. The average Bonchev–Trinajstić information content (AvgIpc) is 2.68. The Labute approximate surface area is 180 Å². The zero-order valence-electron chi connectivity index (χ0n) is 17.5. The molecule has 1 fully saturated rings. The number of carbonyl (C=O) groups is 1. The predicted octanol–water partition coefficient (Wildman–Crippen LogP) is 4.46. The normalized spacial score (nSPS) is 18.5. The van der Waals surface area contributed by atoms with Gasteiger partial charge in [-0.05, 0) is 37.6 Å². The molecule has 0 saturated carbocycles. The summed E-state index contributed by atoms with van der Waals surface area (Å²) in [5.74, 6) is 0.0872. The van der Waals surface area contributed by atoms with Gasteiger partial charge in [0.15, 0.2) is 0 Å². The third-order valence-electron chi connectivity index (χ3n) is 5.80. The van der Waals surface area contributed by atoms with Gasteiger partial charge in [0.2, 0.25) is 5.91 Å². The van der Waals surface area contributed by atoms with Crippen molar-refractivity contribution in [2.75, 3.05) is 42.5 Å². The van der Waals surface area contributed by atoms with Crippen molar-refractivity contribution in [3.8, 4) is 0 Å². The minimum atomic E-state index is -0.318. The number of halogens is 1. The first-order valence-electron chi connectivity index (χ1n) is 10.1. The zero-order valence-corrected chi connectivity index (χ0v) is 18.3. The highest BCUT2D eigenvalue weighted by atomic mass is 35.5. The van der Waals surface area contributed by atoms with E-state index < -0.39 is 0 Å². The second-order valence-electron chi connectivity index (χ2n) is 8.29. The number of rotatable bonds is 3. The molecular weight excluding hydrogens is 382 g/mol. The average molecular weight is 412 g/mol. The van der Waals surface area contributed by atoms with Crippen LogP contribution in [0.5, 0.6) is 0 Å². The summed E-state index contributed by atoms with van der Waals surface area (Å²) in [6.07, 6.45) is 2.28. The lowest BCUT2D eigenvalue weighted by molar-refractivity contribution is -0.117. The number of hydrogen-bond donors (Lipinski definition) is 0. The quantitative estimate of drug-likeness (QED) is 0.746. The fourth-order valence-corrected chi connectivity index (χ4v) is 4.57. The second-order valence-corrected chi connectivity index (χ2v) is 8.29. The minimum absolute atomic E-state index is 0. The molecule has 0 spiro atoms. The van der Waals surface area contributed by atoms with Gasteiger partial charge in [0.1, 0.15) is 0 Å². The molecule has 2 aromatic carbocycles. The Kier molecular flexibility index (Phi) is 6.35. The molecule has 1 amide bonds. The van der Waals surface area contributed by atoms with E-state index in [1.165, 1.54) is 16.8 Å². The van der Waals surface area contributed by atoms with E-state index in [1.807, 2.05) is 11.0 Å². The van der Waals surface area contributed by atoms with Crippen molar-refractivity contribution in [1.82, 2.24) is 4.90 Å². The largest absolute Gasteiger partial charge is 0.369 e. The van der Waals surface area contributed by atoms with E-state index in [4.69, 9.17) is 0 Å². The number of para-hydroxylation sites is 2. The van der Waals surface area contributed by atoms with E-state index in [-0.39, 0.29) is 23.9 Å². The molecule has 0 radical (unpaired) electrons. The first kappa shape index (κ1) is 21.4. The number of benzene rings is 2. The van der Waals surface area contributed by atoms with Crippen LogP contribution in [-0.2, 0) is 4.79 Å². The second kappa shape index (κ2) is 8.60. The van der Waals surface area contributed by atoms with Crippen LogP contribution in [0.3, 0.4) is 0 Å². The lowest BCUT2D eigenvalue weighted by Gasteiger charge is -2.43. The summed E-state index contributed by atoms with van der Waals surface area (Å²) in [5, 5.41) is 0. The lowest BCUT2D eigenvalue weighted by Crippen LogP contribution is -2.50. The van der Waals surface area contributed by atoms with Gasteiger partial charge in [-0.15, -0.1) is 12.4 Å². The van der Waals surface area contributed by atoms with Gasteiger partial charge in [-0.25, -0.2) is 0 Å². The van der Waals surface area contributed by atoms with Crippen LogP contribution < -0.4 is 9.80 Å². The molecule has 0 aromatic heterocycles. The minimum Gasteiger partial charge on any atom is -0.369 e. The molecule has 4 nitrogen and oxygen atoms in total. The maximum atomic E-state index is 12.3. The molecular formula is C24H30ClN3O. The highest BCUT2D eigenvalue weighted by molar-refractivity contribution is 5.99. The molecule has 2 aromatic rings. The molecule has 1 saturated heterocycles. The van der Waals surface area contributed by atoms with Gasteiger partial charge < -0.3 is 9.80 Å². The first-order chi connectivity index (χ1) is 13.5. The van der Waals surface area contributed by atoms with Crippen molar-refractivity contribution >= 4 is 35.3 Å². The van der Waals surface area contributed by atoms with E-state index in [2.05, 4.69) is 78.3 Å². The topological polar surface area (TPSA) is 26.8 Å². The third-order valence-corrected chi connectivity index (χ3v) is 5.80. The highest BCUT2D eigenvalue weighted by Gasteiger charge is 2.35. The number of fused-ring (bicyclic) bond motifs is 1. The summed E-state index contributed by atoms with van der Waals surface area (Å²) in [6.45, 7) is 11.0. The number of anilines is 2. The Hall–Kier alpha value is -2.30. The molecule has 0 atom stereocenters. The van der Waals surface area contributed by atoms with Crippen LogP contribution in [0.1, 0.15) is 26.3 Å².